The summed E-state index contributed by atoms with van der Waals surface area (Å²) in [4.78, 5) is 41.3. The quantitative estimate of drug-likeness (QED) is 0.516. The predicted octanol–water partition coefficient (Wildman–Crippen LogP) is 3.90. The summed E-state index contributed by atoms with van der Waals surface area (Å²) in [6, 6.07) is 10.3. The number of ether oxygens (including phenoxy) is 1. The van der Waals surface area contributed by atoms with Crippen LogP contribution in [-0.2, 0) is 19.1 Å². The van der Waals surface area contributed by atoms with Crippen molar-refractivity contribution in [2.24, 2.45) is 0 Å². The predicted molar refractivity (Wildman–Crippen MR) is 134 cm³/mol. The summed E-state index contributed by atoms with van der Waals surface area (Å²) in [5.74, 6) is 0.122. The van der Waals surface area contributed by atoms with Crippen molar-refractivity contribution in [3.63, 3.8) is 0 Å². The smallest absolute Gasteiger partial charge is 0.247 e. The maximum Gasteiger partial charge on any atom is 0.247 e. The van der Waals surface area contributed by atoms with Gasteiger partial charge >= 0.3 is 0 Å². The number of nitrogens with one attached hydrogen (secondary N) is 2. The fraction of sp³-hybridized carbons (Fsp3) is 0.556. The molecular weight excluding hydrogens is 460 g/mol. The van der Waals surface area contributed by atoms with Crippen LogP contribution < -0.4 is 10.6 Å². The van der Waals surface area contributed by atoms with Gasteiger partial charge < -0.3 is 24.8 Å². The van der Waals surface area contributed by atoms with Gasteiger partial charge in [0.05, 0.1) is 6.10 Å². The Hall–Kier alpha value is -3.20. The van der Waals surface area contributed by atoms with Crippen LogP contribution in [0.15, 0.2) is 40.9 Å². The first-order chi connectivity index (χ1) is 17.5. The van der Waals surface area contributed by atoms with Crippen LogP contribution in [0.5, 0.6) is 0 Å². The third-order valence-electron chi connectivity index (χ3n) is 6.83. The maximum absolute atomic E-state index is 13.7. The van der Waals surface area contributed by atoms with Crippen LogP contribution in [0, 0.1) is 6.92 Å². The number of nitrogens with zero attached hydrogens (tertiary/aromatic N) is 2. The fourth-order valence-electron chi connectivity index (χ4n) is 4.99. The Morgan fingerprint density at radius 1 is 1.06 bits per heavy atom. The normalized spacial score (nSPS) is 19.0. The Kier molecular flexibility index (Phi) is 9.11. The molecule has 9 heteroatoms. The number of aromatic nitrogens is 1. The number of hydrogen-bond donors (Lipinski definition) is 2. The lowest BCUT2D eigenvalue weighted by atomic mass is 9.94. The second-order valence-corrected chi connectivity index (χ2v) is 9.71. The summed E-state index contributed by atoms with van der Waals surface area (Å²) in [6.45, 7) is 2.69. The summed E-state index contributed by atoms with van der Waals surface area (Å²) < 4.78 is 10.8. The molecule has 0 radical (unpaired) electrons. The number of amides is 3. The van der Waals surface area contributed by atoms with E-state index in [2.05, 4.69) is 15.8 Å². The highest BCUT2D eigenvalue weighted by Crippen LogP contribution is 2.27. The highest BCUT2D eigenvalue weighted by atomic mass is 16.5. The largest absolute Gasteiger partial charge is 0.376 e. The zero-order valence-corrected chi connectivity index (χ0v) is 20.9. The van der Waals surface area contributed by atoms with Gasteiger partial charge in [0, 0.05) is 38.1 Å². The molecule has 3 amide bonds. The van der Waals surface area contributed by atoms with Crippen LogP contribution >= 0.6 is 0 Å². The number of benzene rings is 1. The van der Waals surface area contributed by atoms with Gasteiger partial charge in [-0.25, -0.2) is 0 Å². The topological polar surface area (TPSA) is 114 Å². The lowest BCUT2D eigenvalue weighted by Gasteiger charge is -2.34. The molecule has 1 saturated carbocycles. The minimum absolute atomic E-state index is 0.0292. The van der Waals surface area contributed by atoms with Crippen LogP contribution in [0.1, 0.15) is 75.2 Å². The number of carbonyl (C=O) groups excluding carboxylic acids is 3. The van der Waals surface area contributed by atoms with Crippen molar-refractivity contribution < 1.29 is 23.6 Å². The van der Waals surface area contributed by atoms with E-state index in [1.807, 2.05) is 30.3 Å². The molecule has 2 fully saturated rings. The van der Waals surface area contributed by atoms with E-state index in [0.29, 0.717) is 24.7 Å². The Morgan fingerprint density at radius 3 is 2.50 bits per heavy atom. The van der Waals surface area contributed by atoms with Crippen LogP contribution in [0.25, 0.3) is 0 Å². The van der Waals surface area contributed by atoms with E-state index in [1.165, 1.54) is 6.42 Å². The summed E-state index contributed by atoms with van der Waals surface area (Å²) in [6.07, 6.45) is 6.86. The molecule has 194 valence electrons. The van der Waals surface area contributed by atoms with Crippen molar-refractivity contribution >= 4 is 23.5 Å². The molecule has 2 aliphatic rings. The maximum atomic E-state index is 13.7. The average molecular weight is 497 g/mol. The Labute approximate surface area is 211 Å². The first-order valence-electron chi connectivity index (χ1n) is 13.0. The molecule has 9 nitrogen and oxygen atoms in total. The third-order valence-corrected chi connectivity index (χ3v) is 6.83. The number of carbonyl (C=O) groups is 3. The minimum Gasteiger partial charge on any atom is -0.376 e. The summed E-state index contributed by atoms with van der Waals surface area (Å²) in [7, 11) is 0. The van der Waals surface area contributed by atoms with Crippen molar-refractivity contribution in [2.75, 3.05) is 18.5 Å². The van der Waals surface area contributed by atoms with E-state index in [9.17, 15) is 14.4 Å². The van der Waals surface area contributed by atoms with Crippen LogP contribution in [0.2, 0.25) is 0 Å². The van der Waals surface area contributed by atoms with Gasteiger partial charge in [-0.3, -0.25) is 14.4 Å². The van der Waals surface area contributed by atoms with E-state index in [4.69, 9.17) is 9.26 Å². The van der Waals surface area contributed by atoms with Gasteiger partial charge in [0.1, 0.15) is 11.8 Å². The Balaban J connectivity index is 1.50. The lowest BCUT2D eigenvalue weighted by molar-refractivity contribution is -0.143. The fourth-order valence-corrected chi connectivity index (χ4v) is 4.99. The average Bonchev–Trinajstić information content (AvgIpc) is 3.55. The van der Waals surface area contributed by atoms with E-state index in [-0.39, 0.29) is 42.7 Å². The molecule has 1 aromatic heterocycles. The Bertz CT molecular complexity index is 1010. The first kappa shape index (κ1) is 25.9. The molecule has 1 saturated heterocycles. The first-order valence-corrected chi connectivity index (χ1v) is 13.0. The van der Waals surface area contributed by atoms with Gasteiger partial charge in [0.15, 0.2) is 5.82 Å². The van der Waals surface area contributed by atoms with Crippen molar-refractivity contribution in [3.05, 3.63) is 47.7 Å². The summed E-state index contributed by atoms with van der Waals surface area (Å²) in [5, 5.41) is 9.62. The molecule has 36 heavy (non-hydrogen) atoms. The van der Waals surface area contributed by atoms with Gasteiger partial charge in [0.2, 0.25) is 17.7 Å². The molecule has 1 aromatic carbocycles. The zero-order chi connectivity index (χ0) is 25.3. The highest BCUT2D eigenvalue weighted by molar-refractivity contribution is 5.94. The van der Waals surface area contributed by atoms with Crippen molar-refractivity contribution in [2.45, 2.75) is 82.9 Å². The number of aryl methyl sites for hydroxylation is 1. The van der Waals surface area contributed by atoms with Gasteiger partial charge in [-0.15, -0.1) is 0 Å². The molecule has 0 unspecified atom stereocenters. The molecule has 0 spiro atoms. The lowest BCUT2D eigenvalue weighted by Crippen LogP contribution is -2.49. The molecule has 4 rings (SSSR count). The summed E-state index contributed by atoms with van der Waals surface area (Å²) >= 11 is 0. The highest BCUT2D eigenvalue weighted by Gasteiger charge is 2.35. The van der Waals surface area contributed by atoms with E-state index < -0.39 is 6.04 Å². The molecule has 2 aromatic rings. The molecular formula is C27H36N4O5. The standard InChI is InChI=1S/C27H36N4O5/c1-19-17-23(30-36-19)29-24(32)14-15-25(33)31(18-22-13-8-16-35-22)26(20-9-4-2-5-10-20)27(34)28-21-11-6-3-7-12-21/h2,4-5,9-10,17,21-22,26H,3,6-8,11-16,18H2,1H3,(H,28,34)(H,29,30,32)/t22-,26-/m0/s1. The second-order valence-electron chi connectivity index (χ2n) is 9.71. The van der Waals surface area contributed by atoms with Crippen LogP contribution in [-0.4, -0.2) is 53.1 Å². The molecule has 2 N–H and O–H groups in total. The van der Waals surface area contributed by atoms with E-state index in [0.717, 1.165) is 44.1 Å². The number of rotatable bonds is 10. The van der Waals surface area contributed by atoms with Gasteiger partial charge in [-0.05, 0) is 38.2 Å². The second kappa shape index (κ2) is 12.7. The van der Waals surface area contributed by atoms with Gasteiger partial charge in [-0.1, -0.05) is 54.8 Å². The van der Waals surface area contributed by atoms with E-state index >= 15 is 0 Å². The summed E-state index contributed by atoms with van der Waals surface area (Å²) in [5.41, 5.74) is 0.750. The van der Waals surface area contributed by atoms with Crippen LogP contribution in [0.4, 0.5) is 5.82 Å². The van der Waals surface area contributed by atoms with E-state index in [1.54, 1.807) is 17.9 Å². The van der Waals surface area contributed by atoms with Crippen LogP contribution in [0.3, 0.4) is 0 Å². The molecule has 2 atom stereocenters. The molecule has 1 aliphatic heterocycles. The third kappa shape index (κ3) is 7.16. The van der Waals surface area contributed by atoms with Gasteiger partial charge in [0.25, 0.3) is 0 Å². The van der Waals surface area contributed by atoms with Crippen molar-refractivity contribution in [1.82, 2.24) is 15.4 Å². The number of hydrogen-bond acceptors (Lipinski definition) is 6. The molecule has 2 heterocycles. The van der Waals surface area contributed by atoms with Crippen molar-refractivity contribution in [1.29, 1.82) is 0 Å². The van der Waals surface area contributed by atoms with Gasteiger partial charge in [-0.2, -0.15) is 0 Å². The minimum atomic E-state index is -0.786. The van der Waals surface area contributed by atoms with Crippen molar-refractivity contribution in [3.8, 4) is 0 Å². The SMILES string of the molecule is Cc1cc(NC(=O)CCC(=O)N(C[C@@H]2CCCO2)[C@H](C(=O)NC2CCCCC2)c2ccccc2)no1. The molecule has 1 aliphatic carbocycles. The monoisotopic (exact) mass is 496 g/mol. The Morgan fingerprint density at radius 2 is 1.83 bits per heavy atom. The number of anilines is 1. The molecule has 0 bridgehead atoms. The zero-order valence-electron chi connectivity index (χ0n) is 20.9.